The molecule has 0 aromatic heterocycles. The predicted octanol–water partition coefficient (Wildman–Crippen LogP) is 4.43. The van der Waals surface area contributed by atoms with E-state index in [0.29, 0.717) is 16.9 Å². The number of rotatable bonds is 3. The number of carbonyl (C=O) groups is 1. The van der Waals surface area contributed by atoms with Crippen molar-refractivity contribution in [3.8, 4) is 0 Å². The molecule has 1 aromatic carbocycles. The summed E-state index contributed by atoms with van der Waals surface area (Å²) in [6.07, 6.45) is 6.15. The van der Waals surface area contributed by atoms with Crippen LogP contribution in [0.3, 0.4) is 0 Å². The van der Waals surface area contributed by atoms with Gasteiger partial charge in [0.25, 0.3) is 0 Å². The van der Waals surface area contributed by atoms with Gasteiger partial charge in [-0.2, -0.15) is 0 Å². The molecule has 1 aliphatic rings. The third-order valence-electron chi connectivity index (χ3n) is 4.44. The quantitative estimate of drug-likeness (QED) is 0.822. The standard InChI is InChI=1S/C17H21ClFNO/c1-11-5-3-8-16(12(11)2)20-17(21)10-9-13-14(18)6-4-7-15(13)19/h4,6-7,9-12,16H,3,5,8H2,1-2H3,(H,20,21)/b10-9+/t11-,12+,16-/m1/s1. The maximum absolute atomic E-state index is 13.6. The van der Waals surface area contributed by atoms with Crippen molar-refractivity contribution < 1.29 is 9.18 Å². The molecule has 0 radical (unpaired) electrons. The third kappa shape index (κ3) is 4.07. The van der Waals surface area contributed by atoms with Crippen molar-refractivity contribution >= 4 is 23.6 Å². The first-order valence-corrected chi connectivity index (χ1v) is 7.79. The summed E-state index contributed by atoms with van der Waals surface area (Å²) < 4.78 is 13.6. The predicted molar refractivity (Wildman–Crippen MR) is 84.6 cm³/mol. The van der Waals surface area contributed by atoms with Gasteiger partial charge in [-0.05, 0) is 36.5 Å². The average Bonchev–Trinajstić information content (AvgIpc) is 2.43. The van der Waals surface area contributed by atoms with Gasteiger partial charge < -0.3 is 5.32 Å². The Bertz CT molecular complexity index is 523. The minimum atomic E-state index is -0.425. The Morgan fingerprint density at radius 1 is 1.38 bits per heavy atom. The molecule has 114 valence electrons. The Morgan fingerprint density at radius 3 is 2.86 bits per heavy atom. The van der Waals surface area contributed by atoms with Crippen LogP contribution in [-0.4, -0.2) is 11.9 Å². The second-order valence-corrected chi connectivity index (χ2v) is 6.26. The fourth-order valence-electron chi connectivity index (χ4n) is 2.85. The Kier molecular flexibility index (Phi) is 5.40. The molecule has 4 heteroatoms. The van der Waals surface area contributed by atoms with Gasteiger partial charge in [0.15, 0.2) is 0 Å². The van der Waals surface area contributed by atoms with Crippen LogP contribution in [0.2, 0.25) is 5.02 Å². The second kappa shape index (κ2) is 7.08. The number of carbonyl (C=O) groups excluding carboxylic acids is 1. The van der Waals surface area contributed by atoms with E-state index in [1.807, 2.05) is 0 Å². The fourth-order valence-corrected chi connectivity index (χ4v) is 3.07. The van der Waals surface area contributed by atoms with Crippen molar-refractivity contribution in [2.45, 2.75) is 39.2 Å². The van der Waals surface area contributed by atoms with Crippen LogP contribution >= 0.6 is 11.6 Å². The highest BCUT2D eigenvalue weighted by Gasteiger charge is 2.27. The molecule has 0 unspecified atom stereocenters. The SMILES string of the molecule is C[C@H]1[C@H](C)CCC[C@H]1NC(=O)/C=C/c1c(F)cccc1Cl. The molecule has 0 aliphatic heterocycles. The molecule has 1 N–H and O–H groups in total. The zero-order valence-corrected chi connectivity index (χ0v) is 13.2. The van der Waals surface area contributed by atoms with Crippen molar-refractivity contribution in [1.29, 1.82) is 0 Å². The first kappa shape index (κ1) is 16.0. The lowest BCUT2D eigenvalue weighted by Gasteiger charge is -2.34. The molecular formula is C17H21ClFNO. The van der Waals surface area contributed by atoms with Crippen LogP contribution in [0.5, 0.6) is 0 Å². The average molecular weight is 310 g/mol. The minimum absolute atomic E-state index is 0.194. The number of hydrogen-bond acceptors (Lipinski definition) is 1. The van der Waals surface area contributed by atoms with Crippen LogP contribution in [0.1, 0.15) is 38.7 Å². The van der Waals surface area contributed by atoms with Crippen LogP contribution < -0.4 is 5.32 Å². The molecular weight excluding hydrogens is 289 g/mol. The molecule has 2 rings (SSSR count). The minimum Gasteiger partial charge on any atom is -0.350 e. The van der Waals surface area contributed by atoms with Gasteiger partial charge in [-0.1, -0.05) is 44.4 Å². The van der Waals surface area contributed by atoms with Crippen LogP contribution in [0.4, 0.5) is 4.39 Å². The van der Waals surface area contributed by atoms with E-state index in [0.717, 1.165) is 12.8 Å². The van der Waals surface area contributed by atoms with Gasteiger partial charge >= 0.3 is 0 Å². The number of halogens is 2. The summed E-state index contributed by atoms with van der Waals surface area (Å²) in [7, 11) is 0. The van der Waals surface area contributed by atoms with Gasteiger partial charge in [0.1, 0.15) is 5.82 Å². The monoisotopic (exact) mass is 309 g/mol. The Hall–Kier alpha value is -1.35. The highest BCUT2D eigenvalue weighted by Crippen LogP contribution is 2.29. The number of amides is 1. The van der Waals surface area contributed by atoms with Crippen LogP contribution in [0, 0.1) is 17.7 Å². The van der Waals surface area contributed by atoms with Gasteiger partial charge in [0, 0.05) is 17.7 Å². The molecule has 0 heterocycles. The molecule has 3 atom stereocenters. The van der Waals surface area contributed by atoms with E-state index in [1.54, 1.807) is 12.1 Å². The smallest absolute Gasteiger partial charge is 0.244 e. The van der Waals surface area contributed by atoms with E-state index in [4.69, 9.17) is 11.6 Å². The molecule has 1 aromatic rings. The zero-order valence-electron chi connectivity index (χ0n) is 12.4. The summed E-state index contributed by atoms with van der Waals surface area (Å²) in [5.74, 6) is 0.466. The summed E-state index contributed by atoms with van der Waals surface area (Å²) in [5.41, 5.74) is 0.249. The van der Waals surface area contributed by atoms with E-state index in [1.165, 1.54) is 24.6 Å². The normalized spacial score (nSPS) is 26.0. The topological polar surface area (TPSA) is 29.1 Å². The molecule has 1 aliphatic carbocycles. The van der Waals surface area contributed by atoms with Gasteiger partial charge in [-0.3, -0.25) is 4.79 Å². The highest BCUT2D eigenvalue weighted by molar-refractivity contribution is 6.32. The van der Waals surface area contributed by atoms with Crippen molar-refractivity contribution in [3.63, 3.8) is 0 Å². The lowest BCUT2D eigenvalue weighted by molar-refractivity contribution is -0.117. The largest absolute Gasteiger partial charge is 0.350 e. The van der Waals surface area contributed by atoms with Gasteiger partial charge in [-0.15, -0.1) is 0 Å². The van der Waals surface area contributed by atoms with Gasteiger partial charge in [0.2, 0.25) is 5.91 Å². The lowest BCUT2D eigenvalue weighted by Crippen LogP contribution is -2.43. The first-order valence-electron chi connectivity index (χ1n) is 7.41. The lowest BCUT2D eigenvalue weighted by atomic mass is 9.78. The Morgan fingerprint density at radius 2 is 2.14 bits per heavy atom. The molecule has 0 saturated heterocycles. The Labute approximate surface area is 130 Å². The van der Waals surface area contributed by atoms with Crippen LogP contribution in [0.25, 0.3) is 6.08 Å². The number of hydrogen-bond donors (Lipinski definition) is 1. The molecule has 1 amide bonds. The Balaban J connectivity index is 2.00. The van der Waals surface area contributed by atoms with Crippen molar-refractivity contribution in [3.05, 3.63) is 40.7 Å². The van der Waals surface area contributed by atoms with Crippen LogP contribution in [-0.2, 0) is 4.79 Å². The summed E-state index contributed by atoms with van der Waals surface area (Å²) in [6, 6.07) is 4.67. The van der Waals surface area contributed by atoms with Crippen molar-refractivity contribution in [2.24, 2.45) is 11.8 Å². The van der Waals surface area contributed by atoms with E-state index in [-0.39, 0.29) is 17.5 Å². The second-order valence-electron chi connectivity index (χ2n) is 5.85. The maximum Gasteiger partial charge on any atom is 0.244 e. The summed E-state index contributed by atoms with van der Waals surface area (Å²) in [4.78, 5) is 12.0. The molecule has 21 heavy (non-hydrogen) atoms. The van der Waals surface area contributed by atoms with Gasteiger partial charge in [-0.25, -0.2) is 4.39 Å². The summed E-state index contributed by atoms with van der Waals surface area (Å²) >= 11 is 5.92. The fraction of sp³-hybridized carbons (Fsp3) is 0.471. The summed E-state index contributed by atoms with van der Waals surface area (Å²) in [5, 5.41) is 3.32. The first-order chi connectivity index (χ1) is 9.99. The third-order valence-corrected chi connectivity index (χ3v) is 4.77. The molecule has 1 fully saturated rings. The van der Waals surface area contributed by atoms with Gasteiger partial charge in [0.05, 0.1) is 5.02 Å². The zero-order chi connectivity index (χ0) is 15.4. The molecule has 0 bridgehead atoms. The van der Waals surface area contributed by atoms with E-state index in [9.17, 15) is 9.18 Å². The molecule has 2 nitrogen and oxygen atoms in total. The van der Waals surface area contributed by atoms with E-state index >= 15 is 0 Å². The number of benzene rings is 1. The van der Waals surface area contributed by atoms with Crippen molar-refractivity contribution in [1.82, 2.24) is 5.32 Å². The highest BCUT2D eigenvalue weighted by atomic mass is 35.5. The van der Waals surface area contributed by atoms with E-state index < -0.39 is 5.82 Å². The maximum atomic E-state index is 13.6. The number of nitrogens with one attached hydrogen (secondary N) is 1. The summed E-state index contributed by atoms with van der Waals surface area (Å²) in [6.45, 7) is 4.39. The molecule has 1 saturated carbocycles. The molecule has 0 spiro atoms. The van der Waals surface area contributed by atoms with Crippen LogP contribution in [0.15, 0.2) is 24.3 Å². The van der Waals surface area contributed by atoms with E-state index in [2.05, 4.69) is 19.2 Å². The van der Waals surface area contributed by atoms with Crippen molar-refractivity contribution in [2.75, 3.05) is 0 Å².